The standard InChI is InChI=1S/C17H23N3O2S/c1-12(2)20(3)7-6-18-9-14-10-23-17(19-14)13-4-5-15-16(8-13)22-11-21-15/h4-5,8,10,12,18H,6-7,9,11H2,1-3H3. The van der Waals surface area contributed by atoms with E-state index in [1.807, 2.05) is 18.2 Å². The van der Waals surface area contributed by atoms with Crippen LogP contribution in [0.2, 0.25) is 0 Å². The van der Waals surface area contributed by atoms with Gasteiger partial charge in [-0.1, -0.05) is 0 Å². The number of fused-ring (bicyclic) bond motifs is 1. The SMILES string of the molecule is CC(C)N(C)CCNCc1csc(-c2ccc3c(c2)OCO3)n1. The summed E-state index contributed by atoms with van der Waals surface area (Å²) in [6.07, 6.45) is 0. The first-order valence-corrected chi connectivity index (χ1v) is 8.77. The van der Waals surface area contributed by atoms with E-state index in [-0.39, 0.29) is 0 Å². The molecule has 1 aliphatic heterocycles. The van der Waals surface area contributed by atoms with E-state index < -0.39 is 0 Å². The van der Waals surface area contributed by atoms with Gasteiger partial charge in [0.1, 0.15) is 5.01 Å². The van der Waals surface area contributed by atoms with Gasteiger partial charge in [-0.2, -0.15) is 0 Å². The summed E-state index contributed by atoms with van der Waals surface area (Å²) >= 11 is 1.66. The molecule has 0 radical (unpaired) electrons. The molecule has 2 heterocycles. The van der Waals surface area contributed by atoms with Gasteiger partial charge in [0.25, 0.3) is 0 Å². The molecule has 1 aromatic heterocycles. The second-order valence-electron chi connectivity index (χ2n) is 5.96. The summed E-state index contributed by atoms with van der Waals surface area (Å²) < 4.78 is 10.8. The second kappa shape index (κ2) is 7.29. The normalized spacial score (nSPS) is 13.3. The number of ether oxygens (including phenoxy) is 2. The van der Waals surface area contributed by atoms with Crippen LogP contribution >= 0.6 is 11.3 Å². The van der Waals surface area contributed by atoms with Crippen molar-refractivity contribution in [3.63, 3.8) is 0 Å². The predicted molar refractivity (Wildman–Crippen MR) is 93.1 cm³/mol. The van der Waals surface area contributed by atoms with E-state index in [1.54, 1.807) is 11.3 Å². The zero-order chi connectivity index (χ0) is 16.2. The molecule has 0 atom stereocenters. The topological polar surface area (TPSA) is 46.6 Å². The van der Waals surface area contributed by atoms with Gasteiger partial charge in [-0.15, -0.1) is 11.3 Å². The van der Waals surface area contributed by atoms with Gasteiger partial charge in [0.15, 0.2) is 11.5 Å². The first-order valence-electron chi connectivity index (χ1n) is 7.89. The average Bonchev–Trinajstić information content (AvgIpc) is 3.19. The molecule has 0 spiro atoms. The van der Waals surface area contributed by atoms with Gasteiger partial charge in [0.05, 0.1) is 5.69 Å². The Morgan fingerprint density at radius 2 is 2.13 bits per heavy atom. The van der Waals surface area contributed by atoms with E-state index in [0.29, 0.717) is 12.8 Å². The summed E-state index contributed by atoms with van der Waals surface area (Å²) in [5.41, 5.74) is 2.15. The summed E-state index contributed by atoms with van der Waals surface area (Å²) in [7, 11) is 2.15. The number of hydrogen-bond donors (Lipinski definition) is 1. The average molecular weight is 333 g/mol. The fourth-order valence-corrected chi connectivity index (χ4v) is 3.10. The third-order valence-corrected chi connectivity index (χ3v) is 4.94. The molecular weight excluding hydrogens is 310 g/mol. The predicted octanol–water partition coefficient (Wildman–Crippen LogP) is 2.97. The highest BCUT2D eigenvalue weighted by Crippen LogP contribution is 2.36. The Balaban J connectivity index is 1.54. The molecule has 2 aromatic rings. The van der Waals surface area contributed by atoms with Crippen LogP contribution in [0.15, 0.2) is 23.6 Å². The van der Waals surface area contributed by atoms with Crippen LogP contribution in [0.1, 0.15) is 19.5 Å². The lowest BCUT2D eigenvalue weighted by Crippen LogP contribution is -2.33. The van der Waals surface area contributed by atoms with Gasteiger partial charge in [0, 0.05) is 36.6 Å². The van der Waals surface area contributed by atoms with Gasteiger partial charge in [0.2, 0.25) is 6.79 Å². The molecule has 1 aromatic carbocycles. The number of hydrogen-bond acceptors (Lipinski definition) is 6. The van der Waals surface area contributed by atoms with Crippen LogP contribution in [0.4, 0.5) is 0 Å². The molecule has 0 saturated carbocycles. The van der Waals surface area contributed by atoms with Crippen molar-refractivity contribution in [3.8, 4) is 22.1 Å². The molecule has 0 saturated heterocycles. The van der Waals surface area contributed by atoms with Gasteiger partial charge < -0.3 is 19.7 Å². The molecule has 3 rings (SSSR count). The van der Waals surface area contributed by atoms with Crippen LogP contribution < -0.4 is 14.8 Å². The van der Waals surface area contributed by atoms with Crippen LogP contribution in [0, 0.1) is 0 Å². The molecule has 1 aliphatic rings. The number of likely N-dealkylation sites (N-methyl/N-ethyl adjacent to an activating group) is 1. The third-order valence-electron chi connectivity index (χ3n) is 4.00. The minimum Gasteiger partial charge on any atom is -0.454 e. The Kier molecular flexibility index (Phi) is 5.15. The number of thiazole rings is 1. The first-order chi connectivity index (χ1) is 11.1. The number of nitrogens with zero attached hydrogens (tertiary/aromatic N) is 2. The van der Waals surface area contributed by atoms with E-state index in [1.165, 1.54) is 0 Å². The van der Waals surface area contributed by atoms with Gasteiger partial charge in [-0.05, 0) is 39.1 Å². The summed E-state index contributed by atoms with van der Waals surface area (Å²) in [6.45, 7) is 7.52. The Labute approximate surface area is 141 Å². The summed E-state index contributed by atoms with van der Waals surface area (Å²) in [5, 5.41) is 6.58. The molecule has 23 heavy (non-hydrogen) atoms. The highest BCUT2D eigenvalue weighted by atomic mass is 32.1. The van der Waals surface area contributed by atoms with Gasteiger partial charge >= 0.3 is 0 Å². The highest BCUT2D eigenvalue weighted by molar-refractivity contribution is 7.13. The fourth-order valence-electron chi connectivity index (χ4n) is 2.28. The molecule has 0 bridgehead atoms. The zero-order valence-electron chi connectivity index (χ0n) is 13.8. The first kappa shape index (κ1) is 16.2. The van der Waals surface area contributed by atoms with Crippen LogP contribution in [0.25, 0.3) is 10.6 Å². The van der Waals surface area contributed by atoms with E-state index in [4.69, 9.17) is 14.5 Å². The maximum atomic E-state index is 5.43. The maximum Gasteiger partial charge on any atom is 0.231 e. The summed E-state index contributed by atoms with van der Waals surface area (Å²) in [6, 6.07) is 6.55. The number of rotatable bonds is 7. The minimum absolute atomic E-state index is 0.302. The Bertz CT molecular complexity index is 657. The molecule has 1 N–H and O–H groups in total. The highest BCUT2D eigenvalue weighted by Gasteiger charge is 2.15. The minimum atomic E-state index is 0.302. The molecule has 124 valence electrons. The lowest BCUT2D eigenvalue weighted by atomic mass is 10.2. The Morgan fingerprint density at radius 1 is 1.30 bits per heavy atom. The fraction of sp³-hybridized carbons (Fsp3) is 0.471. The molecule has 0 amide bonds. The summed E-state index contributed by atoms with van der Waals surface area (Å²) in [5.74, 6) is 1.61. The molecular formula is C17H23N3O2S. The second-order valence-corrected chi connectivity index (χ2v) is 6.82. The largest absolute Gasteiger partial charge is 0.454 e. The van der Waals surface area contributed by atoms with Crippen molar-refractivity contribution in [1.82, 2.24) is 15.2 Å². The van der Waals surface area contributed by atoms with Crippen LogP contribution in [0.3, 0.4) is 0 Å². The van der Waals surface area contributed by atoms with E-state index >= 15 is 0 Å². The van der Waals surface area contributed by atoms with Crippen LogP contribution in [-0.4, -0.2) is 42.9 Å². The quantitative estimate of drug-likeness (QED) is 0.789. The lowest BCUT2D eigenvalue weighted by Gasteiger charge is -2.20. The smallest absolute Gasteiger partial charge is 0.231 e. The lowest BCUT2D eigenvalue weighted by molar-refractivity contribution is 0.174. The van der Waals surface area contributed by atoms with E-state index in [0.717, 1.165) is 47.4 Å². The zero-order valence-corrected chi connectivity index (χ0v) is 14.7. The molecule has 0 unspecified atom stereocenters. The Morgan fingerprint density at radius 3 is 2.96 bits per heavy atom. The maximum absolute atomic E-state index is 5.43. The van der Waals surface area contributed by atoms with Crippen molar-refractivity contribution in [1.29, 1.82) is 0 Å². The van der Waals surface area contributed by atoms with Crippen molar-refractivity contribution >= 4 is 11.3 Å². The van der Waals surface area contributed by atoms with Crippen LogP contribution in [0.5, 0.6) is 11.5 Å². The van der Waals surface area contributed by atoms with Crippen molar-refractivity contribution in [2.45, 2.75) is 26.4 Å². The van der Waals surface area contributed by atoms with Crippen molar-refractivity contribution in [3.05, 3.63) is 29.3 Å². The van der Waals surface area contributed by atoms with Crippen molar-refractivity contribution in [2.75, 3.05) is 26.9 Å². The van der Waals surface area contributed by atoms with Gasteiger partial charge in [-0.3, -0.25) is 0 Å². The van der Waals surface area contributed by atoms with Gasteiger partial charge in [-0.25, -0.2) is 4.98 Å². The number of benzene rings is 1. The van der Waals surface area contributed by atoms with E-state index in [2.05, 4.69) is 36.5 Å². The monoisotopic (exact) mass is 333 g/mol. The summed E-state index contributed by atoms with van der Waals surface area (Å²) in [4.78, 5) is 7.03. The van der Waals surface area contributed by atoms with Crippen molar-refractivity contribution in [2.24, 2.45) is 0 Å². The molecule has 0 aliphatic carbocycles. The number of nitrogens with one attached hydrogen (secondary N) is 1. The molecule has 6 heteroatoms. The molecule has 0 fully saturated rings. The van der Waals surface area contributed by atoms with E-state index in [9.17, 15) is 0 Å². The van der Waals surface area contributed by atoms with Crippen molar-refractivity contribution < 1.29 is 9.47 Å². The number of aromatic nitrogens is 1. The van der Waals surface area contributed by atoms with Crippen LogP contribution in [-0.2, 0) is 6.54 Å². The molecule has 5 nitrogen and oxygen atoms in total. The Hall–Kier alpha value is -1.63. The third kappa shape index (κ3) is 4.02.